The second-order valence-corrected chi connectivity index (χ2v) is 7.11. The predicted octanol–water partition coefficient (Wildman–Crippen LogP) is 3.08. The van der Waals surface area contributed by atoms with Crippen molar-refractivity contribution in [1.82, 2.24) is 5.32 Å². The molecule has 1 atom stereocenters. The molecular weight excluding hydrogens is 270 g/mol. The van der Waals surface area contributed by atoms with E-state index in [4.69, 9.17) is 0 Å². The second kappa shape index (κ2) is 7.70. The van der Waals surface area contributed by atoms with Gasteiger partial charge in [-0.2, -0.15) is 11.8 Å². The summed E-state index contributed by atoms with van der Waals surface area (Å²) in [4.78, 5) is 12.1. The number of aliphatic hydroxyl groups is 1. The first-order chi connectivity index (χ1) is 9.35. The van der Waals surface area contributed by atoms with Crippen LogP contribution in [0.3, 0.4) is 0 Å². The lowest BCUT2D eigenvalue weighted by Gasteiger charge is -2.25. The number of rotatable bonds is 6. The highest BCUT2D eigenvalue weighted by Gasteiger charge is 2.20. The van der Waals surface area contributed by atoms with Crippen LogP contribution >= 0.6 is 11.8 Å². The minimum Gasteiger partial charge on any atom is -0.394 e. The van der Waals surface area contributed by atoms with Gasteiger partial charge in [-0.05, 0) is 35.8 Å². The van der Waals surface area contributed by atoms with Crippen molar-refractivity contribution >= 4 is 17.7 Å². The second-order valence-electron chi connectivity index (χ2n) is 6.25. The van der Waals surface area contributed by atoms with E-state index in [0.29, 0.717) is 5.56 Å². The first-order valence-electron chi connectivity index (χ1n) is 6.85. The van der Waals surface area contributed by atoms with E-state index in [1.54, 1.807) is 11.8 Å². The highest BCUT2D eigenvalue weighted by atomic mass is 32.2. The molecule has 0 aliphatic carbocycles. The summed E-state index contributed by atoms with van der Waals surface area (Å²) in [5, 5.41) is 12.3. The van der Waals surface area contributed by atoms with Crippen LogP contribution in [0.4, 0.5) is 0 Å². The number of carbonyl (C=O) groups excluding carboxylic acids is 1. The van der Waals surface area contributed by atoms with Gasteiger partial charge in [0, 0.05) is 11.3 Å². The summed E-state index contributed by atoms with van der Waals surface area (Å²) in [6.45, 7) is 6.25. The van der Waals surface area contributed by atoms with Crippen LogP contribution in [0.2, 0.25) is 0 Å². The maximum Gasteiger partial charge on any atom is 0.251 e. The van der Waals surface area contributed by atoms with Crippen molar-refractivity contribution in [2.75, 3.05) is 12.9 Å². The van der Waals surface area contributed by atoms with Crippen LogP contribution in [0.25, 0.3) is 0 Å². The standard InChI is InChI=1S/C16H25NO2S/c1-16(2,3)9-14(10-18)17-15(19)13-7-5-12(6-8-13)11-20-4/h5-8,14,18H,9-11H2,1-4H3,(H,17,19). The summed E-state index contributed by atoms with van der Waals surface area (Å²) >= 11 is 1.76. The Morgan fingerprint density at radius 2 is 1.90 bits per heavy atom. The van der Waals surface area contributed by atoms with Crippen LogP contribution < -0.4 is 5.32 Å². The van der Waals surface area contributed by atoms with Crippen molar-refractivity contribution < 1.29 is 9.90 Å². The lowest BCUT2D eigenvalue weighted by Crippen LogP contribution is -2.40. The zero-order valence-electron chi connectivity index (χ0n) is 12.8. The van der Waals surface area contributed by atoms with Gasteiger partial charge in [-0.3, -0.25) is 4.79 Å². The summed E-state index contributed by atoms with van der Waals surface area (Å²) in [7, 11) is 0. The van der Waals surface area contributed by atoms with Crippen molar-refractivity contribution in [1.29, 1.82) is 0 Å². The summed E-state index contributed by atoms with van der Waals surface area (Å²) in [5.41, 5.74) is 1.92. The van der Waals surface area contributed by atoms with E-state index in [-0.39, 0.29) is 24.0 Å². The maximum atomic E-state index is 12.1. The molecular formula is C16H25NO2S. The van der Waals surface area contributed by atoms with Gasteiger partial charge in [0.1, 0.15) is 0 Å². The van der Waals surface area contributed by atoms with Crippen LogP contribution in [-0.2, 0) is 5.75 Å². The Labute approximate surface area is 126 Å². The number of hydrogen-bond donors (Lipinski definition) is 2. The zero-order chi connectivity index (χ0) is 15.2. The number of nitrogens with one attached hydrogen (secondary N) is 1. The first kappa shape index (κ1) is 17.1. The Kier molecular flexibility index (Phi) is 6.56. The molecule has 0 aliphatic rings. The molecule has 1 rings (SSSR count). The van der Waals surface area contributed by atoms with E-state index < -0.39 is 0 Å². The fourth-order valence-electron chi connectivity index (χ4n) is 2.09. The molecule has 1 unspecified atom stereocenters. The Hall–Kier alpha value is -1.00. The Balaban J connectivity index is 2.64. The number of carbonyl (C=O) groups is 1. The molecule has 1 amide bonds. The van der Waals surface area contributed by atoms with Gasteiger partial charge < -0.3 is 10.4 Å². The van der Waals surface area contributed by atoms with Gasteiger partial charge in [-0.1, -0.05) is 32.9 Å². The topological polar surface area (TPSA) is 49.3 Å². The van der Waals surface area contributed by atoms with Crippen molar-refractivity contribution in [3.63, 3.8) is 0 Å². The molecule has 0 aromatic heterocycles. The third kappa shape index (κ3) is 5.97. The number of thioether (sulfide) groups is 1. The molecule has 0 saturated heterocycles. The van der Waals surface area contributed by atoms with E-state index in [9.17, 15) is 9.90 Å². The van der Waals surface area contributed by atoms with Crippen molar-refractivity contribution in [2.24, 2.45) is 5.41 Å². The third-order valence-electron chi connectivity index (χ3n) is 2.94. The number of amides is 1. The van der Waals surface area contributed by atoms with Gasteiger partial charge in [0.2, 0.25) is 0 Å². The van der Waals surface area contributed by atoms with Crippen molar-refractivity contribution in [3.8, 4) is 0 Å². The van der Waals surface area contributed by atoms with E-state index in [0.717, 1.165) is 12.2 Å². The molecule has 4 heteroatoms. The van der Waals surface area contributed by atoms with Gasteiger partial charge in [-0.25, -0.2) is 0 Å². The lowest BCUT2D eigenvalue weighted by atomic mass is 9.88. The first-order valence-corrected chi connectivity index (χ1v) is 8.24. The molecule has 0 bridgehead atoms. The molecule has 1 aromatic carbocycles. The molecule has 1 aromatic rings. The van der Waals surface area contributed by atoms with Gasteiger partial charge >= 0.3 is 0 Å². The van der Waals surface area contributed by atoms with Gasteiger partial charge in [-0.15, -0.1) is 0 Å². The van der Waals surface area contributed by atoms with E-state index in [1.807, 2.05) is 24.3 Å². The molecule has 0 saturated carbocycles. The van der Waals surface area contributed by atoms with Crippen LogP contribution in [0.1, 0.15) is 43.1 Å². The summed E-state index contributed by atoms with van der Waals surface area (Å²) < 4.78 is 0. The number of hydrogen-bond acceptors (Lipinski definition) is 3. The third-order valence-corrected chi connectivity index (χ3v) is 3.56. The molecule has 20 heavy (non-hydrogen) atoms. The molecule has 3 nitrogen and oxygen atoms in total. The monoisotopic (exact) mass is 295 g/mol. The largest absolute Gasteiger partial charge is 0.394 e. The highest BCUT2D eigenvalue weighted by molar-refractivity contribution is 7.97. The molecule has 0 spiro atoms. The molecule has 0 heterocycles. The van der Waals surface area contributed by atoms with E-state index in [1.165, 1.54) is 5.56 Å². The van der Waals surface area contributed by atoms with Gasteiger partial charge in [0.25, 0.3) is 5.91 Å². The molecule has 0 radical (unpaired) electrons. The Bertz CT molecular complexity index is 423. The Morgan fingerprint density at radius 1 is 1.30 bits per heavy atom. The van der Waals surface area contributed by atoms with E-state index >= 15 is 0 Å². The highest BCUT2D eigenvalue weighted by Crippen LogP contribution is 2.21. The Morgan fingerprint density at radius 3 is 2.35 bits per heavy atom. The minimum atomic E-state index is -0.201. The smallest absolute Gasteiger partial charge is 0.251 e. The average Bonchev–Trinajstić information content (AvgIpc) is 2.37. The summed E-state index contributed by atoms with van der Waals surface area (Å²) in [6.07, 6.45) is 2.80. The van der Waals surface area contributed by atoms with Gasteiger partial charge in [0.15, 0.2) is 0 Å². The summed E-state index contributed by atoms with van der Waals surface area (Å²) in [5.74, 6) is 0.828. The number of aliphatic hydroxyl groups excluding tert-OH is 1. The quantitative estimate of drug-likeness (QED) is 0.848. The normalized spacial score (nSPS) is 13.1. The molecule has 0 aliphatic heterocycles. The minimum absolute atomic E-state index is 0.0342. The van der Waals surface area contributed by atoms with Gasteiger partial charge in [0.05, 0.1) is 12.6 Å². The fraction of sp³-hybridized carbons (Fsp3) is 0.562. The van der Waals surface area contributed by atoms with Crippen molar-refractivity contribution in [3.05, 3.63) is 35.4 Å². The van der Waals surface area contributed by atoms with E-state index in [2.05, 4.69) is 32.3 Å². The predicted molar refractivity (Wildman–Crippen MR) is 86.1 cm³/mol. The fourth-order valence-corrected chi connectivity index (χ4v) is 2.61. The summed E-state index contributed by atoms with van der Waals surface area (Å²) in [6, 6.07) is 7.43. The van der Waals surface area contributed by atoms with Crippen LogP contribution in [-0.4, -0.2) is 29.9 Å². The molecule has 112 valence electrons. The van der Waals surface area contributed by atoms with Crippen LogP contribution in [0.15, 0.2) is 24.3 Å². The number of benzene rings is 1. The average molecular weight is 295 g/mol. The lowest BCUT2D eigenvalue weighted by molar-refractivity contribution is 0.0897. The molecule has 0 fully saturated rings. The van der Waals surface area contributed by atoms with Crippen LogP contribution in [0, 0.1) is 5.41 Å². The SMILES string of the molecule is CSCc1ccc(C(=O)NC(CO)CC(C)(C)C)cc1. The van der Waals surface area contributed by atoms with Crippen LogP contribution in [0.5, 0.6) is 0 Å². The maximum absolute atomic E-state index is 12.1. The molecule has 2 N–H and O–H groups in total. The zero-order valence-corrected chi connectivity index (χ0v) is 13.6. The van der Waals surface area contributed by atoms with Crippen molar-refractivity contribution in [2.45, 2.75) is 39.0 Å².